The Bertz CT molecular complexity index is 1140. The summed E-state index contributed by atoms with van der Waals surface area (Å²) in [6.07, 6.45) is 1.25. The minimum atomic E-state index is -0.0180. The Morgan fingerprint density at radius 2 is 1.52 bits per heavy atom. The van der Waals surface area contributed by atoms with Gasteiger partial charge in [-0.05, 0) is 49.6 Å². The first kappa shape index (κ1) is 21.2. The molecule has 164 valence electrons. The zero-order valence-electron chi connectivity index (χ0n) is 18.8. The van der Waals surface area contributed by atoms with E-state index in [2.05, 4.69) is 43.9 Å². The number of imidazole rings is 1. The van der Waals surface area contributed by atoms with Crippen molar-refractivity contribution in [3.8, 4) is 0 Å². The second kappa shape index (κ2) is 9.00. The van der Waals surface area contributed by atoms with Gasteiger partial charge in [0.25, 0.3) is 0 Å². The summed E-state index contributed by atoms with van der Waals surface area (Å²) in [5.41, 5.74) is 5.71. The van der Waals surface area contributed by atoms with Gasteiger partial charge in [-0.1, -0.05) is 31.2 Å². The monoisotopic (exact) mass is 420 g/mol. The molecule has 0 saturated carbocycles. The first-order chi connectivity index (χ1) is 15.0. The van der Waals surface area contributed by atoms with Gasteiger partial charge in [-0.25, -0.2) is 4.79 Å². The van der Waals surface area contributed by atoms with Gasteiger partial charge in [0.05, 0.1) is 11.0 Å². The largest absolute Gasteiger partial charge is 0.368 e. The van der Waals surface area contributed by atoms with Gasteiger partial charge in [-0.15, -0.1) is 0 Å². The Morgan fingerprint density at radius 3 is 2.16 bits per heavy atom. The van der Waals surface area contributed by atoms with Crippen LogP contribution in [-0.4, -0.2) is 46.1 Å². The molecule has 31 heavy (non-hydrogen) atoms. The van der Waals surface area contributed by atoms with E-state index in [0.717, 1.165) is 43.6 Å². The average molecular weight is 421 g/mol. The number of rotatable bonds is 6. The molecular formula is C25H32N4O2. The molecule has 2 aromatic carbocycles. The molecule has 0 atom stereocenters. The van der Waals surface area contributed by atoms with E-state index in [1.54, 1.807) is 4.57 Å². The smallest absolute Gasteiger partial charge is 0.329 e. The molecule has 1 aliphatic heterocycles. The third-order valence-electron chi connectivity index (χ3n) is 6.47. The Hall–Kier alpha value is -3.02. The minimum Gasteiger partial charge on any atom is -0.368 e. The maximum Gasteiger partial charge on any atom is 0.329 e. The molecule has 1 fully saturated rings. The van der Waals surface area contributed by atoms with Crippen LogP contribution in [0.2, 0.25) is 0 Å². The van der Waals surface area contributed by atoms with Crippen LogP contribution >= 0.6 is 0 Å². The van der Waals surface area contributed by atoms with Crippen molar-refractivity contribution in [3.63, 3.8) is 0 Å². The lowest BCUT2D eigenvalue weighted by molar-refractivity contribution is -0.131. The van der Waals surface area contributed by atoms with Crippen molar-refractivity contribution in [2.45, 2.75) is 46.7 Å². The number of carbonyl (C=O) groups excluding carboxylic acids is 1. The molecule has 1 aliphatic rings. The van der Waals surface area contributed by atoms with E-state index in [0.29, 0.717) is 19.5 Å². The van der Waals surface area contributed by atoms with Crippen molar-refractivity contribution in [3.05, 3.63) is 64.1 Å². The van der Waals surface area contributed by atoms with Crippen LogP contribution in [0.5, 0.6) is 0 Å². The van der Waals surface area contributed by atoms with Crippen LogP contribution in [0.3, 0.4) is 0 Å². The quantitative estimate of drug-likeness (QED) is 0.613. The summed E-state index contributed by atoms with van der Waals surface area (Å²) in [5.74, 6) is 0.125. The summed E-state index contributed by atoms with van der Waals surface area (Å²) >= 11 is 0. The number of nitrogens with zero attached hydrogens (tertiary/aromatic N) is 4. The molecule has 4 rings (SSSR count). The van der Waals surface area contributed by atoms with Crippen molar-refractivity contribution in [1.82, 2.24) is 14.0 Å². The van der Waals surface area contributed by atoms with Gasteiger partial charge in [0.2, 0.25) is 5.91 Å². The molecule has 2 heterocycles. The van der Waals surface area contributed by atoms with Crippen LogP contribution in [0.15, 0.2) is 47.3 Å². The van der Waals surface area contributed by atoms with Gasteiger partial charge in [0.1, 0.15) is 0 Å². The number of aryl methyl sites for hydroxylation is 3. The molecule has 6 heteroatoms. The van der Waals surface area contributed by atoms with Crippen LogP contribution in [0, 0.1) is 13.8 Å². The molecule has 0 aliphatic carbocycles. The Morgan fingerprint density at radius 1 is 0.871 bits per heavy atom. The maximum absolute atomic E-state index is 12.9. The maximum atomic E-state index is 12.9. The number of hydrogen-bond acceptors (Lipinski definition) is 3. The van der Waals surface area contributed by atoms with Crippen LogP contribution in [0.4, 0.5) is 5.69 Å². The van der Waals surface area contributed by atoms with Gasteiger partial charge in [0.15, 0.2) is 0 Å². The van der Waals surface area contributed by atoms with E-state index in [4.69, 9.17) is 0 Å². The van der Waals surface area contributed by atoms with E-state index < -0.39 is 0 Å². The van der Waals surface area contributed by atoms with Gasteiger partial charge in [-0.2, -0.15) is 0 Å². The molecule has 3 aromatic rings. The molecule has 1 amide bonds. The van der Waals surface area contributed by atoms with Crippen LogP contribution in [0.25, 0.3) is 11.0 Å². The summed E-state index contributed by atoms with van der Waals surface area (Å²) in [5, 5.41) is 0. The molecule has 1 aromatic heterocycles. The molecule has 1 saturated heterocycles. The van der Waals surface area contributed by atoms with Gasteiger partial charge in [0, 0.05) is 51.4 Å². The Balaban J connectivity index is 1.41. The first-order valence-corrected chi connectivity index (χ1v) is 11.3. The number of hydrogen-bond donors (Lipinski definition) is 0. The molecular weight excluding hydrogens is 388 g/mol. The molecule has 6 nitrogen and oxygen atoms in total. The molecule has 0 N–H and O–H groups in total. The third kappa shape index (κ3) is 4.11. The number of aromatic nitrogens is 2. The number of para-hydroxylation sites is 2. The highest BCUT2D eigenvalue weighted by Crippen LogP contribution is 2.24. The number of carbonyl (C=O) groups is 1. The van der Waals surface area contributed by atoms with E-state index in [9.17, 15) is 9.59 Å². The van der Waals surface area contributed by atoms with Crippen LogP contribution < -0.4 is 10.6 Å². The predicted octanol–water partition coefficient (Wildman–Crippen LogP) is 3.57. The minimum absolute atomic E-state index is 0.0180. The topological polar surface area (TPSA) is 50.5 Å². The fourth-order valence-corrected chi connectivity index (χ4v) is 4.57. The summed E-state index contributed by atoms with van der Waals surface area (Å²) in [4.78, 5) is 30.1. The normalized spacial score (nSPS) is 14.4. The van der Waals surface area contributed by atoms with E-state index in [-0.39, 0.29) is 11.6 Å². The fourth-order valence-electron chi connectivity index (χ4n) is 4.57. The number of piperazine rings is 1. The van der Waals surface area contributed by atoms with Crippen LogP contribution in [0.1, 0.15) is 30.9 Å². The van der Waals surface area contributed by atoms with Crippen molar-refractivity contribution in [1.29, 1.82) is 0 Å². The number of benzene rings is 2. The molecule has 0 radical (unpaired) electrons. The lowest BCUT2D eigenvalue weighted by Crippen LogP contribution is -2.49. The number of anilines is 1. The van der Waals surface area contributed by atoms with E-state index >= 15 is 0 Å². The summed E-state index contributed by atoms with van der Waals surface area (Å²) < 4.78 is 3.58. The van der Waals surface area contributed by atoms with Crippen LogP contribution in [-0.2, 0) is 17.9 Å². The highest BCUT2D eigenvalue weighted by Gasteiger charge is 2.23. The zero-order chi connectivity index (χ0) is 22.0. The van der Waals surface area contributed by atoms with Crippen molar-refractivity contribution in [2.24, 2.45) is 0 Å². The summed E-state index contributed by atoms with van der Waals surface area (Å²) in [6, 6.07) is 14.3. The summed E-state index contributed by atoms with van der Waals surface area (Å²) in [7, 11) is 0. The second-order valence-electron chi connectivity index (χ2n) is 8.41. The lowest BCUT2D eigenvalue weighted by Gasteiger charge is -2.37. The predicted molar refractivity (Wildman–Crippen MR) is 126 cm³/mol. The van der Waals surface area contributed by atoms with Crippen molar-refractivity contribution >= 4 is 22.6 Å². The zero-order valence-corrected chi connectivity index (χ0v) is 18.8. The van der Waals surface area contributed by atoms with Crippen molar-refractivity contribution < 1.29 is 4.79 Å². The summed E-state index contributed by atoms with van der Waals surface area (Å²) in [6.45, 7) is 10.6. The number of fused-ring (bicyclic) bond motifs is 1. The molecule has 0 unspecified atom stereocenters. The lowest BCUT2D eigenvalue weighted by atomic mass is 10.1. The van der Waals surface area contributed by atoms with E-state index in [1.807, 2.05) is 33.7 Å². The average Bonchev–Trinajstić information content (AvgIpc) is 3.05. The van der Waals surface area contributed by atoms with Crippen molar-refractivity contribution in [2.75, 3.05) is 31.1 Å². The molecule has 0 spiro atoms. The van der Waals surface area contributed by atoms with Gasteiger partial charge in [-0.3, -0.25) is 13.9 Å². The highest BCUT2D eigenvalue weighted by atomic mass is 16.2. The van der Waals surface area contributed by atoms with Gasteiger partial charge < -0.3 is 9.80 Å². The molecule has 0 bridgehead atoms. The van der Waals surface area contributed by atoms with E-state index in [1.165, 1.54) is 16.8 Å². The Kier molecular flexibility index (Phi) is 6.16. The first-order valence-electron chi connectivity index (χ1n) is 11.3. The number of amides is 1. The van der Waals surface area contributed by atoms with Gasteiger partial charge >= 0.3 is 5.69 Å². The third-order valence-corrected chi connectivity index (χ3v) is 6.47. The Labute approximate surface area is 183 Å². The second-order valence-corrected chi connectivity index (χ2v) is 8.41. The standard InChI is InChI=1S/C25H32N4O2/c1-4-13-28-22-9-5-6-10-23(22)29(25(28)31)14-12-24(30)27-17-15-26(16-18-27)21-11-7-8-19(2)20(21)3/h5-11H,4,12-18H2,1-3H3. The SMILES string of the molecule is CCCn1c(=O)n(CCC(=O)N2CCN(c3cccc(C)c3C)CC2)c2ccccc21. The highest BCUT2D eigenvalue weighted by molar-refractivity contribution is 5.78. The fraction of sp³-hybridized carbons (Fsp3) is 0.440.